The summed E-state index contributed by atoms with van der Waals surface area (Å²) < 4.78 is 1.37. The van der Waals surface area contributed by atoms with E-state index in [2.05, 4.69) is 10.1 Å². The van der Waals surface area contributed by atoms with Crippen molar-refractivity contribution < 1.29 is 0 Å². The molecule has 0 saturated carbocycles. The fraction of sp³-hybridized carbons (Fsp3) is 0.308. The molecule has 100 valence electrons. The highest BCUT2D eigenvalue weighted by molar-refractivity contribution is 6.30. The van der Waals surface area contributed by atoms with Gasteiger partial charge in [-0.1, -0.05) is 17.7 Å². The van der Waals surface area contributed by atoms with Gasteiger partial charge in [0.1, 0.15) is 5.15 Å². The van der Waals surface area contributed by atoms with Crippen LogP contribution in [0.5, 0.6) is 0 Å². The zero-order chi connectivity index (χ0) is 13.8. The highest BCUT2D eigenvalue weighted by Crippen LogP contribution is 2.12. The number of hydrogen-bond donors (Lipinski definition) is 0. The van der Waals surface area contributed by atoms with Crippen molar-refractivity contribution in [3.05, 3.63) is 51.7 Å². The lowest BCUT2D eigenvalue weighted by Crippen LogP contribution is -2.26. The minimum atomic E-state index is -0.155. The van der Waals surface area contributed by atoms with E-state index < -0.39 is 0 Å². The Morgan fingerprint density at radius 1 is 1.47 bits per heavy atom. The lowest BCUT2D eigenvalue weighted by molar-refractivity contribution is 0.636. The van der Waals surface area contributed by atoms with E-state index in [1.807, 2.05) is 24.9 Å². The molecule has 2 heterocycles. The largest absolute Gasteiger partial charge is 0.373 e. The first kappa shape index (κ1) is 13.5. The Morgan fingerprint density at radius 2 is 2.26 bits per heavy atom. The molecule has 0 radical (unpaired) electrons. The van der Waals surface area contributed by atoms with Crippen molar-refractivity contribution in [2.45, 2.75) is 13.5 Å². The number of halogens is 1. The standard InChI is InChI=1S/C13H15ClN4O/c1-3-17(2)11-7-12(19)18(16-8-11)9-10-5-4-6-15-13(10)14/h4-8H,3,9H2,1-2H3. The molecule has 0 spiro atoms. The van der Waals surface area contributed by atoms with Gasteiger partial charge in [-0.05, 0) is 13.0 Å². The summed E-state index contributed by atoms with van der Waals surface area (Å²) in [6.45, 7) is 3.15. The topological polar surface area (TPSA) is 51.0 Å². The molecular weight excluding hydrogens is 264 g/mol. The summed E-state index contributed by atoms with van der Waals surface area (Å²) in [5.41, 5.74) is 1.43. The molecule has 0 fully saturated rings. The van der Waals surface area contributed by atoms with Gasteiger partial charge in [0, 0.05) is 31.4 Å². The van der Waals surface area contributed by atoms with E-state index in [9.17, 15) is 4.79 Å². The average Bonchev–Trinajstić information content (AvgIpc) is 2.42. The minimum absolute atomic E-state index is 0.155. The molecule has 0 aliphatic rings. The second kappa shape index (κ2) is 5.84. The summed E-state index contributed by atoms with van der Waals surface area (Å²) >= 11 is 5.97. The van der Waals surface area contributed by atoms with Crippen molar-refractivity contribution >= 4 is 17.3 Å². The second-order valence-corrected chi connectivity index (χ2v) is 4.54. The molecule has 0 aliphatic carbocycles. The van der Waals surface area contributed by atoms with Crippen LogP contribution in [0.3, 0.4) is 0 Å². The third kappa shape index (κ3) is 3.12. The zero-order valence-corrected chi connectivity index (χ0v) is 11.6. The molecule has 0 atom stereocenters. The van der Waals surface area contributed by atoms with E-state index in [4.69, 9.17) is 11.6 Å². The van der Waals surface area contributed by atoms with Crippen molar-refractivity contribution in [2.75, 3.05) is 18.5 Å². The highest BCUT2D eigenvalue weighted by Gasteiger charge is 2.06. The molecule has 0 N–H and O–H groups in total. The van der Waals surface area contributed by atoms with Crippen molar-refractivity contribution in [3.63, 3.8) is 0 Å². The van der Waals surface area contributed by atoms with Crippen LogP contribution >= 0.6 is 11.6 Å². The Morgan fingerprint density at radius 3 is 2.89 bits per heavy atom. The SMILES string of the molecule is CCN(C)c1cnn(Cc2cccnc2Cl)c(=O)c1. The number of rotatable bonds is 4. The molecule has 6 heteroatoms. The molecule has 2 aromatic rings. The summed E-state index contributed by atoms with van der Waals surface area (Å²) in [6, 6.07) is 5.18. The molecule has 5 nitrogen and oxygen atoms in total. The van der Waals surface area contributed by atoms with Gasteiger partial charge in [-0.2, -0.15) is 5.10 Å². The van der Waals surface area contributed by atoms with E-state index in [-0.39, 0.29) is 5.56 Å². The Balaban J connectivity index is 2.28. The quantitative estimate of drug-likeness (QED) is 0.800. The third-order valence-corrected chi connectivity index (χ3v) is 3.27. The molecule has 0 saturated heterocycles. The molecule has 0 unspecified atom stereocenters. The van der Waals surface area contributed by atoms with E-state index in [0.29, 0.717) is 11.7 Å². The van der Waals surface area contributed by atoms with Crippen LogP contribution in [0.15, 0.2) is 35.4 Å². The first-order valence-corrected chi connectivity index (χ1v) is 6.37. The Hall–Kier alpha value is -1.88. The first-order valence-electron chi connectivity index (χ1n) is 5.99. The van der Waals surface area contributed by atoms with Gasteiger partial charge in [-0.25, -0.2) is 9.67 Å². The second-order valence-electron chi connectivity index (χ2n) is 4.18. The Bertz CT molecular complexity index is 626. The number of nitrogens with zero attached hydrogens (tertiary/aromatic N) is 4. The van der Waals surface area contributed by atoms with E-state index in [1.165, 1.54) is 4.68 Å². The summed E-state index contributed by atoms with van der Waals surface area (Å²) in [5, 5.41) is 4.55. The van der Waals surface area contributed by atoms with Crippen LogP contribution in [0.2, 0.25) is 5.15 Å². The monoisotopic (exact) mass is 278 g/mol. The number of anilines is 1. The van der Waals surface area contributed by atoms with Gasteiger partial charge in [-0.3, -0.25) is 4.79 Å². The van der Waals surface area contributed by atoms with Crippen LogP contribution in [0.25, 0.3) is 0 Å². The Labute approximate surface area is 116 Å². The average molecular weight is 279 g/mol. The molecular formula is C13H15ClN4O. The summed E-state index contributed by atoms with van der Waals surface area (Å²) in [5.74, 6) is 0. The molecule has 2 rings (SSSR count). The van der Waals surface area contributed by atoms with Crippen LogP contribution in [0, 0.1) is 0 Å². The lowest BCUT2D eigenvalue weighted by atomic mass is 10.3. The maximum Gasteiger partial charge on any atom is 0.269 e. The van der Waals surface area contributed by atoms with Crippen molar-refractivity contribution in [3.8, 4) is 0 Å². The molecule has 0 aromatic carbocycles. The van der Waals surface area contributed by atoms with Gasteiger partial charge in [0.25, 0.3) is 5.56 Å². The van der Waals surface area contributed by atoms with E-state index >= 15 is 0 Å². The predicted molar refractivity (Wildman–Crippen MR) is 75.8 cm³/mol. The summed E-state index contributed by atoms with van der Waals surface area (Å²) in [6.07, 6.45) is 3.29. The number of pyridine rings is 1. The van der Waals surface area contributed by atoms with Gasteiger partial charge >= 0.3 is 0 Å². The van der Waals surface area contributed by atoms with Crippen molar-refractivity contribution in [2.24, 2.45) is 0 Å². The fourth-order valence-corrected chi connectivity index (χ4v) is 1.81. The maximum absolute atomic E-state index is 12.0. The predicted octanol–water partition coefficient (Wildman–Crippen LogP) is 1.80. The van der Waals surface area contributed by atoms with Crippen molar-refractivity contribution in [1.82, 2.24) is 14.8 Å². The summed E-state index contributed by atoms with van der Waals surface area (Å²) in [4.78, 5) is 17.9. The van der Waals surface area contributed by atoms with Crippen LogP contribution in [-0.2, 0) is 6.54 Å². The van der Waals surface area contributed by atoms with Gasteiger partial charge in [0.15, 0.2) is 0 Å². The van der Waals surface area contributed by atoms with Crippen LogP contribution in [-0.4, -0.2) is 28.4 Å². The van der Waals surface area contributed by atoms with Gasteiger partial charge in [0.2, 0.25) is 0 Å². The molecule has 2 aromatic heterocycles. The Kier molecular flexibility index (Phi) is 4.16. The van der Waals surface area contributed by atoms with E-state index in [0.717, 1.165) is 17.8 Å². The number of aromatic nitrogens is 3. The molecule has 0 amide bonds. The highest BCUT2D eigenvalue weighted by atomic mass is 35.5. The molecule has 0 bridgehead atoms. The lowest BCUT2D eigenvalue weighted by Gasteiger charge is -2.16. The fourth-order valence-electron chi connectivity index (χ4n) is 1.63. The normalized spacial score (nSPS) is 10.5. The summed E-state index contributed by atoms with van der Waals surface area (Å²) in [7, 11) is 1.92. The van der Waals surface area contributed by atoms with Gasteiger partial charge < -0.3 is 4.90 Å². The first-order chi connectivity index (χ1) is 9.11. The van der Waals surface area contributed by atoms with Crippen LogP contribution in [0.1, 0.15) is 12.5 Å². The third-order valence-electron chi connectivity index (χ3n) is 2.93. The van der Waals surface area contributed by atoms with Crippen LogP contribution < -0.4 is 10.5 Å². The van der Waals surface area contributed by atoms with Crippen molar-refractivity contribution in [1.29, 1.82) is 0 Å². The van der Waals surface area contributed by atoms with E-state index in [1.54, 1.807) is 24.5 Å². The smallest absolute Gasteiger partial charge is 0.269 e. The zero-order valence-electron chi connectivity index (χ0n) is 10.9. The van der Waals surface area contributed by atoms with Gasteiger partial charge in [0.05, 0.1) is 18.4 Å². The van der Waals surface area contributed by atoms with Crippen LogP contribution in [0.4, 0.5) is 5.69 Å². The number of hydrogen-bond acceptors (Lipinski definition) is 4. The maximum atomic E-state index is 12.0. The minimum Gasteiger partial charge on any atom is -0.373 e. The van der Waals surface area contributed by atoms with Gasteiger partial charge in [-0.15, -0.1) is 0 Å². The molecule has 19 heavy (non-hydrogen) atoms. The molecule has 0 aliphatic heterocycles.